The molecular formula is C26H21BrN2. The van der Waals surface area contributed by atoms with Crippen molar-refractivity contribution in [3.8, 4) is 6.07 Å². The van der Waals surface area contributed by atoms with Gasteiger partial charge in [0, 0.05) is 33.2 Å². The number of nitrogens with zero attached hydrogens (tertiary/aromatic N) is 2. The lowest BCUT2D eigenvalue weighted by Gasteiger charge is -2.09. The molecule has 0 N–H and O–H groups in total. The standard InChI is InChI=1S/C26H21BrN2/c1-18-7-11-21(12-8-18)22(16-28)15-25-19(2)29(26-6-4-3-5-24(25)26)17-20-9-13-23(27)14-10-20/h3-15H,17H2,1-2H3/b22-15-. The van der Waals surface area contributed by atoms with Crippen molar-refractivity contribution in [2.24, 2.45) is 0 Å². The van der Waals surface area contributed by atoms with Crippen LogP contribution in [0.25, 0.3) is 22.6 Å². The molecule has 29 heavy (non-hydrogen) atoms. The Morgan fingerprint density at radius 2 is 1.66 bits per heavy atom. The second-order valence-electron chi connectivity index (χ2n) is 7.26. The molecule has 4 rings (SSSR count). The van der Waals surface area contributed by atoms with Crippen molar-refractivity contribution in [1.82, 2.24) is 4.57 Å². The minimum atomic E-state index is 0.680. The number of rotatable bonds is 4. The topological polar surface area (TPSA) is 28.7 Å². The minimum absolute atomic E-state index is 0.680. The van der Waals surface area contributed by atoms with E-state index >= 15 is 0 Å². The van der Waals surface area contributed by atoms with E-state index in [-0.39, 0.29) is 0 Å². The summed E-state index contributed by atoms with van der Waals surface area (Å²) in [4.78, 5) is 0. The summed E-state index contributed by atoms with van der Waals surface area (Å²) in [7, 11) is 0. The molecule has 0 aliphatic heterocycles. The van der Waals surface area contributed by atoms with Crippen LogP contribution >= 0.6 is 15.9 Å². The van der Waals surface area contributed by atoms with Gasteiger partial charge in [0.15, 0.2) is 0 Å². The molecule has 1 heterocycles. The van der Waals surface area contributed by atoms with Crippen LogP contribution in [-0.2, 0) is 6.54 Å². The molecule has 2 nitrogen and oxygen atoms in total. The smallest absolute Gasteiger partial charge is 0.0998 e. The van der Waals surface area contributed by atoms with Crippen molar-refractivity contribution in [2.75, 3.05) is 0 Å². The van der Waals surface area contributed by atoms with Gasteiger partial charge in [0.2, 0.25) is 0 Å². The summed E-state index contributed by atoms with van der Waals surface area (Å²) in [6.45, 7) is 4.98. The number of allylic oxidation sites excluding steroid dienone is 1. The molecule has 0 unspecified atom stereocenters. The first-order valence-electron chi connectivity index (χ1n) is 9.58. The molecule has 0 saturated carbocycles. The number of aromatic nitrogens is 1. The van der Waals surface area contributed by atoms with Gasteiger partial charge in [-0.25, -0.2) is 0 Å². The zero-order valence-electron chi connectivity index (χ0n) is 16.5. The van der Waals surface area contributed by atoms with Gasteiger partial charge in [0.25, 0.3) is 0 Å². The van der Waals surface area contributed by atoms with E-state index in [2.05, 4.69) is 88.9 Å². The van der Waals surface area contributed by atoms with E-state index in [9.17, 15) is 5.26 Å². The summed E-state index contributed by atoms with van der Waals surface area (Å²) in [5.74, 6) is 0. The predicted octanol–water partition coefficient (Wildman–Crippen LogP) is 7.13. The summed E-state index contributed by atoms with van der Waals surface area (Å²) in [6, 6.07) is 27.3. The Morgan fingerprint density at radius 1 is 0.966 bits per heavy atom. The van der Waals surface area contributed by atoms with Crippen LogP contribution in [0.15, 0.2) is 77.3 Å². The molecule has 4 aromatic rings. The molecular weight excluding hydrogens is 420 g/mol. The van der Waals surface area contributed by atoms with Gasteiger partial charge < -0.3 is 4.57 Å². The summed E-state index contributed by atoms with van der Waals surface area (Å²) < 4.78 is 3.41. The van der Waals surface area contributed by atoms with Crippen LogP contribution in [0.4, 0.5) is 0 Å². The SMILES string of the molecule is Cc1ccc(/C(C#N)=C\c2c(C)n(Cc3ccc(Br)cc3)c3ccccc23)cc1. The third-order valence-electron chi connectivity index (χ3n) is 5.31. The summed E-state index contributed by atoms with van der Waals surface area (Å²) >= 11 is 3.51. The number of fused-ring (bicyclic) bond motifs is 1. The van der Waals surface area contributed by atoms with Gasteiger partial charge in [-0.2, -0.15) is 5.26 Å². The first-order valence-corrected chi connectivity index (χ1v) is 10.4. The molecule has 0 spiro atoms. The Labute approximate surface area is 179 Å². The van der Waals surface area contributed by atoms with E-state index in [1.807, 2.05) is 30.3 Å². The molecule has 0 bridgehead atoms. The van der Waals surface area contributed by atoms with Gasteiger partial charge in [0.1, 0.15) is 0 Å². The monoisotopic (exact) mass is 440 g/mol. The highest BCUT2D eigenvalue weighted by Gasteiger charge is 2.14. The minimum Gasteiger partial charge on any atom is -0.340 e. The number of aryl methyl sites for hydroxylation is 1. The van der Waals surface area contributed by atoms with Gasteiger partial charge in [-0.05, 0) is 49.2 Å². The Morgan fingerprint density at radius 3 is 2.34 bits per heavy atom. The molecule has 3 aromatic carbocycles. The molecule has 3 heteroatoms. The fourth-order valence-corrected chi connectivity index (χ4v) is 3.94. The highest BCUT2D eigenvalue weighted by Crippen LogP contribution is 2.30. The maximum absolute atomic E-state index is 9.81. The first kappa shape index (κ1) is 19.2. The Hall–Kier alpha value is -3.09. The number of halogens is 1. The van der Waals surface area contributed by atoms with E-state index in [4.69, 9.17) is 0 Å². The average Bonchev–Trinajstić information content (AvgIpc) is 3.00. The van der Waals surface area contributed by atoms with Crippen LogP contribution in [0, 0.1) is 25.2 Å². The number of para-hydroxylation sites is 1. The molecule has 1 aromatic heterocycles. The molecule has 0 aliphatic rings. The van der Waals surface area contributed by atoms with Crippen LogP contribution in [0.1, 0.15) is 27.9 Å². The molecule has 0 aliphatic carbocycles. The zero-order valence-corrected chi connectivity index (χ0v) is 18.1. The van der Waals surface area contributed by atoms with E-state index in [1.54, 1.807) is 0 Å². The van der Waals surface area contributed by atoms with Crippen molar-refractivity contribution in [1.29, 1.82) is 5.26 Å². The van der Waals surface area contributed by atoms with Crippen molar-refractivity contribution >= 4 is 38.5 Å². The largest absolute Gasteiger partial charge is 0.340 e. The van der Waals surface area contributed by atoms with Crippen LogP contribution in [0.5, 0.6) is 0 Å². The van der Waals surface area contributed by atoms with Gasteiger partial charge in [-0.1, -0.05) is 76.1 Å². The quantitative estimate of drug-likeness (QED) is 0.310. The first-order chi connectivity index (χ1) is 14.1. The van der Waals surface area contributed by atoms with E-state index < -0.39 is 0 Å². The Balaban J connectivity index is 1.84. The van der Waals surface area contributed by atoms with Crippen LogP contribution in [0.2, 0.25) is 0 Å². The highest BCUT2D eigenvalue weighted by atomic mass is 79.9. The van der Waals surface area contributed by atoms with Crippen LogP contribution < -0.4 is 0 Å². The van der Waals surface area contributed by atoms with E-state index in [0.29, 0.717) is 5.57 Å². The molecule has 0 saturated heterocycles. The number of benzene rings is 3. The lowest BCUT2D eigenvalue weighted by molar-refractivity contribution is 0.804. The van der Waals surface area contributed by atoms with Crippen LogP contribution in [-0.4, -0.2) is 4.57 Å². The Bertz CT molecular complexity index is 1240. The molecule has 0 fully saturated rings. The highest BCUT2D eigenvalue weighted by molar-refractivity contribution is 9.10. The van der Waals surface area contributed by atoms with Gasteiger partial charge in [-0.3, -0.25) is 0 Å². The van der Waals surface area contributed by atoms with Crippen molar-refractivity contribution in [2.45, 2.75) is 20.4 Å². The summed E-state index contributed by atoms with van der Waals surface area (Å²) in [5.41, 5.74) is 7.51. The predicted molar refractivity (Wildman–Crippen MR) is 125 cm³/mol. The van der Waals surface area contributed by atoms with Crippen molar-refractivity contribution in [3.63, 3.8) is 0 Å². The normalized spacial score (nSPS) is 11.6. The lowest BCUT2D eigenvalue weighted by atomic mass is 10.0. The summed E-state index contributed by atoms with van der Waals surface area (Å²) in [6.07, 6.45) is 2.03. The maximum atomic E-state index is 9.81. The Kier molecular flexibility index (Phi) is 5.38. The second-order valence-corrected chi connectivity index (χ2v) is 8.18. The summed E-state index contributed by atoms with van der Waals surface area (Å²) in [5, 5.41) is 11.0. The number of hydrogen-bond acceptors (Lipinski definition) is 1. The molecule has 0 amide bonds. The maximum Gasteiger partial charge on any atom is 0.0998 e. The lowest BCUT2D eigenvalue weighted by Crippen LogP contribution is -2.01. The third-order valence-corrected chi connectivity index (χ3v) is 5.83. The van der Waals surface area contributed by atoms with Gasteiger partial charge in [0.05, 0.1) is 11.6 Å². The number of nitriles is 1. The average molecular weight is 441 g/mol. The van der Waals surface area contributed by atoms with E-state index in [1.165, 1.54) is 22.0 Å². The van der Waals surface area contributed by atoms with Crippen LogP contribution in [0.3, 0.4) is 0 Å². The van der Waals surface area contributed by atoms with Gasteiger partial charge >= 0.3 is 0 Å². The molecule has 0 radical (unpaired) electrons. The number of hydrogen-bond donors (Lipinski definition) is 0. The second kappa shape index (κ2) is 8.11. The molecule has 142 valence electrons. The fourth-order valence-electron chi connectivity index (χ4n) is 3.67. The zero-order chi connectivity index (χ0) is 20.4. The van der Waals surface area contributed by atoms with Gasteiger partial charge in [-0.15, -0.1) is 0 Å². The van der Waals surface area contributed by atoms with E-state index in [0.717, 1.165) is 27.8 Å². The fraction of sp³-hybridized carbons (Fsp3) is 0.115. The molecule has 0 atom stereocenters. The van der Waals surface area contributed by atoms with Crippen molar-refractivity contribution < 1.29 is 0 Å². The van der Waals surface area contributed by atoms with Crippen molar-refractivity contribution in [3.05, 3.63) is 105 Å². The third kappa shape index (κ3) is 3.90.